The second kappa shape index (κ2) is 11.8. The Bertz CT molecular complexity index is 1150. The molecule has 0 radical (unpaired) electrons. The summed E-state index contributed by atoms with van der Waals surface area (Å²) in [6.07, 6.45) is 0.0328. The first-order valence-corrected chi connectivity index (χ1v) is 13.4. The molecule has 37 heavy (non-hydrogen) atoms. The lowest BCUT2D eigenvalue weighted by molar-refractivity contribution is -0.141. The Kier molecular flexibility index (Phi) is 9.18. The van der Waals surface area contributed by atoms with Crippen LogP contribution < -0.4 is 10.6 Å². The van der Waals surface area contributed by atoms with E-state index in [-0.39, 0.29) is 23.6 Å². The molecule has 0 bridgehead atoms. The van der Waals surface area contributed by atoms with Gasteiger partial charge in [-0.1, -0.05) is 54.9 Å². The molecule has 1 saturated carbocycles. The van der Waals surface area contributed by atoms with E-state index in [9.17, 15) is 14.4 Å². The van der Waals surface area contributed by atoms with E-state index < -0.39 is 29.7 Å². The highest BCUT2D eigenvalue weighted by molar-refractivity contribution is 7.80. The molecule has 2 N–H and O–H groups in total. The lowest BCUT2D eigenvalue weighted by Crippen LogP contribution is -2.54. The molecule has 0 spiro atoms. The highest BCUT2D eigenvalue weighted by Gasteiger charge is 2.48. The predicted molar refractivity (Wildman–Crippen MR) is 150 cm³/mol. The van der Waals surface area contributed by atoms with Crippen molar-refractivity contribution in [3.05, 3.63) is 64.2 Å². The van der Waals surface area contributed by atoms with Crippen LogP contribution in [0.25, 0.3) is 0 Å². The standard InChI is InChI=1S/C28H36ClN3O4S/c1-16-10-7-8-12-19(16)24(25(33)31-23-17(2)11-9-13-20(23)29)32(22-14-18(22)3)26(34)21(15-37)30-27(35)36-28(4,5)6/h7-13,18,21-22,24,37H,14-15H2,1-6H3,(H,30,35)(H,31,33). The van der Waals surface area contributed by atoms with Gasteiger partial charge in [-0.05, 0) is 69.7 Å². The van der Waals surface area contributed by atoms with Gasteiger partial charge in [0.2, 0.25) is 5.91 Å². The number of hydrogen-bond acceptors (Lipinski definition) is 5. The van der Waals surface area contributed by atoms with Crippen LogP contribution in [-0.2, 0) is 14.3 Å². The van der Waals surface area contributed by atoms with Gasteiger partial charge in [0, 0.05) is 11.8 Å². The summed E-state index contributed by atoms with van der Waals surface area (Å²) in [6.45, 7) is 11.0. The SMILES string of the molecule is Cc1ccccc1C(C(=O)Nc1c(C)cccc1Cl)N(C(=O)C(CS)NC(=O)OC(C)(C)C)C1CC1C. The number of nitrogens with one attached hydrogen (secondary N) is 2. The van der Waals surface area contributed by atoms with Crippen molar-refractivity contribution >= 4 is 47.8 Å². The zero-order valence-corrected chi connectivity index (χ0v) is 23.8. The molecular weight excluding hydrogens is 510 g/mol. The van der Waals surface area contributed by atoms with Crippen molar-refractivity contribution in [2.45, 2.75) is 71.7 Å². The minimum absolute atomic E-state index is 0.0431. The third kappa shape index (κ3) is 7.20. The van der Waals surface area contributed by atoms with Crippen molar-refractivity contribution in [2.24, 2.45) is 5.92 Å². The Morgan fingerprint density at radius 3 is 2.27 bits per heavy atom. The van der Waals surface area contributed by atoms with Crippen LogP contribution >= 0.6 is 24.2 Å². The van der Waals surface area contributed by atoms with Gasteiger partial charge in [-0.2, -0.15) is 12.6 Å². The van der Waals surface area contributed by atoms with E-state index in [1.165, 1.54) is 0 Å². The number of benzene rings is 2. The molecule has 0 saturated heterocycles. The van der Waals surface area contributed by atoms with Crippen molar-refractivity contribution in [1.29, 1.82) is 0 Å². The van der Waals surface area contributed by atoms with Gasteiger partial charge < -0.3 is 20.3 Å². The molecule has 9 heteroatoms. The molecule has 1 aliphatic rings. The van der Waals surface area contributed by atoms with Gasteiger partial charge in [-0.3, -0.25) is 9.59 Å². The summed E-state index contributed by atoms with van der Waals surface area (Å²) in [6, 6.07) is 10.8. The molecule has 7 nitrogen and oxygen atoms in total. The van der Waals surface area contributed by atoms with Crippen LogP contribution in [0.4, 0.5) is 10.5 Å². The number of ether oxygens (including phenoxy) is 1. The van der Waals surface area contributed by atoms with Crippen molar-refractivity contribution < 1.29 is 19.1 Å². The average molecular weight is 546 g/mol. The summed E-state index contributed by atoms with van der Waals surface area (Å²) in [5, 5.41) is 6.03. The maximum atomic E-state index is 14.0. The highest BCUT2D eigenvalue weighted by atomic mass is 35.5. The van der Waals surface area contributed by atoms with E-state index in [1.807, 2.05) is 57.2 Å². The fourth-order valence-electron chi connectivity index (χ4n) is 4.28. The van der Waals surface area contributed by atoms with Crippen LogP contribution in [0.1, 0.15) is 56.8 Å². The lowest BCUT2D eigenvalue weighted by Gasteiger charge is -2.35. The quantitative estimate of drug-likeness (QED) is 0.371. The maximum Gasteiger partial charge on any atom is 0.408 e. The number of para-hydroxylation sites is 1. The van der Waals surface area contributed by atoms with Crippen LogP contribution in [-0.4, -0.2) is 46.2 Å². The fourth-order valence-corrected chi connectivity index (χ4v) is 4.80. The number of aryl methyl sites for hydroxylation is 2. The third-order valence-electron chi connectivity index (χ3n) is 6.33. The molecule has 4 atom stereocenters. The zero-order valence-electron chi connectivity index (χ0n) is 22.2. The van der Waals surface area contributed by atoms with E-state index in [0.29, 0.717) is 16.3 Å². The molecule has 3 amide bonds. The number of alkyl carbamates (subject to hydrolysis) is 1. The van der Waals surface area contributed by atoms with Crippen LogP contribution in [0.2, 0.25) is 5.02 Å². The highest BCUT2D eigenvalue weighted by Crippen LogP contribution is 2.42. The molecule has 1 fully saturated rings. The number of rotatable bonds is 8. The zero-order chi connectivity index (χ0) is 27.5. The molecule has 3 rings (SSSR count). The number of thiol groups is 1. The van der Waals surface area contributed by atoms with Crippen LogP contribution in [0.3, 0.4) is 0 Å². The van der Waals surface area contributed by atoms with E-state index in [0.717, 1.165) is 17.5 Å². The predicted octanol–water partition coefficient (Wildman–Crippen LogP) is 5.70. The van der Waals surface area contributed by atoms with Gasteiger partial charge in [-0.25, -0.2) is 4.79 Å². The van der Waals surface area contributed by atoms with Gasteiger partial charge in [0.25, 0.3) is 5.91 Å². The number of carbonyl (C=O) groups is 3. The minimum Gasteiger partial charge on any atom is -0.444 e. The van der Waals surface area contributed by atoms with Gasteiger partial charge in [-0.15, -0.1) is 0 Å². The summed E-state index contributed by atoms with van der Waals surface area (Å²) in [7, 11) is 0. The Balaban J connectivity index is 2.02. The molecule has 0 aliphatic heterocycles. The minimum atomic E-state index is -0.979. The number of carbonyl (C=O) groups excluding carboxylic acids is 3. The normalized spacial score (nSPS) is 18.4. The number of nitrogens with zero attached hydrogens (tertiary/aromatic N) is 1. The number of amides is 3. The Labute approximate surface area is 229 Å². The molecule has 0 aromatic heterocycles. The number of halogens is 1. The van der Waals surface area contributed by atoms with Crippen molar-refractivity contribution in [1.82, 2.24) is 10.2 Å². The van der Waals surface area contributed by atoms with Crippen LogP contribution in [0.15, 0.2) is 42.5 Å². The molecule has 2 aromatic rings. The number of anilines is 1. The summed E-state index contributed by atoms with van der Waals surface area (Å²) < 4.78 is 5.37. The maximum absolute atomic E-state index is 14.0. The van der Waals surface area contributed by atoms with Crippen molar-refractivity contribution in [3.8, 4) is 0 Å². The van der Waals surface area contributed by atoms with Crippen LogP contribution in [0, 0.1) is 19.8 Å². The topological polar surface area (TPSA) is 87.7 Å². The Hall–Kier alpha value is -2.71. The van der Waals surface area contributed by atoms with Crippen molar-refractivity contribution in [3.63, 3.8) is 0 Å². The second-order valence-electron chi connectivity index (χ2n) is 10.6. The Morgan fingerprint density at radius 2 is 1.73 bits per heavy atom. The third-order valence-corrected chi connectivity index (χ3v) is 7.01. The molecule has 4 unspecified atom stereocenters. The van der Waals surface area contributed by atoms with E-state index in [1.54, 1.807) is 31.7 Å². The Morgan fingerprint density at radius 1 is 1.11 bits per heavy atom. The summed E-state index contributed by atoms with van der Waals surface area (Å²) >= 11 is 10.8. The van der Waals surface area contributed by atoms with Crippen LogP contribution in [0.5, 0.6) is 0 Å². The first kappa shape index (κ1) is 28.9. The molecule has 2 aromatic carbocycles. The molecular formula is C28H36ClN3O4S. The fraction of sp³-hybridized carbons (Fsp3) is 0.464. The van der Waals surface area contributed by atoms with Gasteiger partial charge in [0.15, 0.2) is 0 Å². The smallest absolute Gasteiger partial charge is 0.408 e. The van der Waals surface area contributed by atoms with Gasteiger partial charge in [0.05, 0.1) is 10.7 Å². The number of hydrogen-bond donors (Lipinski definition) is 3. The molecule has 1 aliphatic carbocycles. The summed E-state index contributed by atoms with van der Waals surface area (Å²) in [5.41, 5.74) is 2.15. The van der Waals surface area contributed by atoms with Gasteiger partial charge in [0.1, 0.15) is 17.7 Å². The second-order valence-corrected chi connectivity index (χ2v) is 11.4. The first-order valence-electron chi connectivity index (χ1n) is 12.4. The van der Waals surface area contributed by atoms with E-state index >= 15 is 0 Å². The molecule has 200 valence electrons. The van der Waals surface area contributed by atoms with Crippen molar-refractivity contribution in [2.75, 3.05) is 11.1 Å². The lowest BCUT2D eigenvalue weighted by atomic mass is 9.97. The molecule has 0 heterocycles. The van der Waals surface area contributed by atoms with E-state index in [2.05, 4.69) is 23.3 Å². The van der Waals surface area contributed by atoms with Gasteiger partial charge >= 0.3 is 6.09 Å². The summed E-state index contributed by atoms with van der Waals surface area (Å²) in [4.78, 5) is 42.1. The first-order chi connectivity index (χ1) is 17.3. The summed E-state index contributed by atoms with van der Waals surface area (Å²) in [5.74, 6) is -0.531. The van der Waals surface area contributed by atoms with E-state index in [4.69, 9.17) is 16.3 Å². The average Bonchev–Trinajstić information content (AvgIpc) is 3.53. The largest absolute Gasteiger partial charge is 0.444 e. The monoisotopic (exact) mass is 545 g/mol.